The van der Waals surface area contributed by atoms with Gasteiger partial charge in [0.1, 0.15) is 6.10 Å². The zero-order valence-electron chi connectivity index (χ0n) is 16.4. The van der Waals surface area contributed by atoms with Crippen LogP contribution in [0.2, 0.25) is 0 Å². The van der Waals surface area contributed by atoms with Gasteiger partial charge in [-0.3, -0.25) is 0 Å². The van der Waals surface area contributed by atoms with Crippen LogP contribution in [0.15, 0.2) is 0 Å². The van der Waals surface area contributed by atoms with Crippen molar-refractivity contribution in [2.24, 2.45) is 0 Å². The Kier molecular flexibility index (Phi) is 10.1. The van der Waals surface area contributed by atoms with Gasteiger partial charge in [-0.25, -0.2) is 4.67 Å². The van der Waals surface area contributed by atoms with Crippen molar-refractivity contribution in [3.05, 3.63) is 0 Å². The summed E-state index contributed by atoms with van der Waals surface area (Å²) in [7, 11) is 2.24. The van der Waals surface area contributed by atoms with Crippen molar-refractivity contribution >= 4 is 30.1 Å². The second-order valence-corrected chi connectivity index (χ2v) is 12.2. The molecule has 0 spiro atoms. The highest BCUT2D eigenvalue weighted by Gasteiger charge is 2.44. The van der Waals surface area contributed by atoms with Gasteiger partial charge < -0.3 is 14.2 Å². The first-order valence-electron chi connectivity index (χ1n) is 8.87. The molecule has 1 aliphatic rings. The number of aliphatic hydroxyl groups excluding tert-OH is 1. The highest BCUT2D eigenvalue weighted by atomic mass is 33.1. The Bertz CT molecular complexity index is 438. The normalized spacial score (nSPS) is 28.2. The number of nitriles is 1. The quantitative estimate of drug-likeness (QED) is 0.346. The lowest BCUT2D eigenvalue weighted by atomic mass is 9.98. The number of nitrogens with zero attached hydrogens (tertiary/aromatic N) is 2. The molecule has 4 atom stereocenters. The maximum Gasteiger partial charge on any atom is 0.259 e. The summed E-state index contributed by atoms with van der Waals surface area (Å²) >= 11 is 0. The fourth-order valence-electron chi connectivity index (χ4n) is 2.81. The largest absolute Gasteiger partial charge is 0.390 e. The topological polar surface area (TPSA) is 65.7 Å². The summed E-state index contributed by atoms with van der Waals surface area (Å²) in [6.45, 7) is 15.2. The fraction of sp³-hybridized carbons (Fsp3) is 0.941. The minimum Gasteiger partial charge on any atom is -0.390 e. The van der Waals surface area contributed by atoms with Crippen LogP contribution in [0.5, 0.6) is 0 Å². The summed E-state index contributed by atoms with van der Waals surface area (Å²) in [6.07, 6.45) is 0.197. The number of hydrogen-bond donors (Lipinski definition) is 1. The lowest BCUT2D eigenvalue weighted by Crippen LogP contribution is -2.45. The van der Waals surface area contributed by atoms with E-state index in [1.54, 1.807) is 10.8 Å². The Balaban J connectivity index is 3.01. The zero-order chi connectivity index (χ0) is 19.2. The molecule has 1 rings (SSSR count). The van der Waals surface area contributed by atoms with Crippen LogP contribution in [0.25, 0.3) is 0 Å². The van der Waals surface area contributed by atoms with Gasteiger partial charge in [-0.2, -0.15) is 5.26 Å². The third-order valence-electron chi connectivity index (χ3n) is 3.90. The molecule has 0 aromatic heterocycles. The average molecular weight is 409 g/mol. The van der Waals surface area contributed by atoms with Crippen LogP contribution in [0.1, 0.15) is 61.3 Å². The van der Waals surface area contributed by atoms with Gasteiger partial charge in [0, 0.05) is 22.1 Å². The Morgan fingerprint density at radius 3 is 2.44 bits per heavy atom. The maximum absolute atomic E-state index is 10.8. The lowest BCUT2D eigenvalue weighted by Gasteiger charge is -2.41. The summed E-state index contributed by atoms with van der Waals surface area (Å²) < 4.78 is 14.4. The molecule has 25 heavy (non-hydrogen) atoms. The predicted molar refractivity (Wildman–Crippen MR) is 109 cm³/mol. The van der Waals surface area contributed by atoms with E-state index in [1.165, 1.54) is 0 Å². The summed E-state index contributed by atoms with van der Waals surface area (Å²) in [5, 5.41) is 20.0. The molecule has 1 heterocycles. The molecular weight excluding hydrogens is 375 g/mol. The predicted octanol–water partition coefficient (Wildman–Crippen LogP) is 4.96. The van der Waals surface area contributed by atoms with E-state index in [4.69, 9.17) is 14.3 Å². The van der Waals surface area contributed by atoms with Crippen molar-refractivity contribution in [2.75, 3.05) is 6.61 Å². The van der Waals surface area contributed by atoms with Crippen LogP contribution >= 0.6 is 30.1 Å². The standard InChI is InChI=1S/C17H33N2O3PS2/c1-12(2)19(13(3)4)23(21-10-8-9-18)22-16-15(20)11-14(5)24-25-17(16,6)7/h12-16,20H,8,10-11H2,1-7H3/t14?,15-,16+,23?/m0/s1. The second-order valence-electron chi connectivity index (χ2n) is 7.47. The van der Waals surface area contributed by atoms with Crippen LogP contribution in [0, 0.1) is 11.3 Å². The molecule has 1 saturated heterocycles. The van der Waals surface area contributed by atoms with Crippen molar-refractivity contribution in [2.45, 2.75) is 95.6 Å². The molecule has 0 radical (unpaired) electrons. The average Bonchev–Trinajstić information content (AvgIpc) is 2.57. The smallest absolute Gasteiger partial charge is 0.259 e. The molecule has 0 amide bonds. The molecule has 1 aliphatic heterocycles. The molecule has 8 heteroatoms. The molecule has 0 aliphatic carbocycles. The summed E-state index contributed by atoms with van der Waals surface area (Å²) in [4.78, 5) is 0. The minimum absolute atomic E-state index is 0.229. The van der Waals surface area contributed by atoms with E-state index < -0.39 is 14.6 Å². The number of aliphatic hydroxyl groups is 1. The molecular formula is C17H33N2O3PS2. The van der Waals surface area contributed by atoms with Crippen molar-refractivity contribution in [3.8, 4) is 6.07 Å². The second kappa shape index (κ2) is 10.7. The van der Waals surface area contributed by atoms with E-state index in [1.807, 2.05) is 10.8 Å². The molecule has 0 aromatic rings. The van der Waals surface area contributed by atoms with Crippen molar-refractivity contribution < 1.29 is 14.2 Å². The monoisotopic (exact) mass is 408 g/mol. The third kappa shape index (κ3) is 7.18. The van der Waals surface area contributed by atoms with E-state index in [-0.39, 0.29) is 22.9 Å². The van der Waals surface area contributed by atoms with E-state index in [0.717, 1.165) is 0 Å². The van der Waals surface area contributed by atoms with Gasteiger partial charge in [0.25, 0.3) is 8.53 Å². The lowest BCUT2D eigenvalue weighted by molar-refractivity contribution is 0.00443. The number of hydrogen-bond acceptors (Lipinski definition) is 7. The molecule has 0 aromatic carbocycles. The first-order valence-corrected chi connectivity index (χ1v) is 12.2. The first kappa shape index (κ1) is 23.5. The van der Waals surface area contributed by atoms with Gasteiger partial charge in [0.2, 0.25) is 0 Å². The van der Waals surface area contributed by atoms with Gasteiger partial charge in [0.05, 0.1) is 25.2 Å². The van der Waals surface area contributed by atoms with Gasteiger partial charge in [-0.15, -0.1) is 0 Å². The molecule has 0 bridgehead atoms. The van der Waals surface area contributed by atoms with E-state index in [9.17, 15) is 5.11 Å². The molecule has 146 valence electrons. The first-order chi connectivity index (χ1) is 11.6. The zero-order valence-corrected chi connectivity index (χ0v) is 19.0. The van der Waals surface area contributed by atoms with Crippen LogP contribution in [0.3, 0.4) is 0 Å². The van der Waals surface area contributed by atoms with Crippen molar-refractivity contribution in [1.82, 2.24) is 4.67 Å². The summed E-state index contributed by atoms with van der Waals surface area (Å²) in [5.41, 5.74) is 0. The van der Waals surface area contributed by atoms with Gasteiger partial charge in [0.15, 0.2) is 0 Å². The SMILES string of the molecule is CC1C[C@H](O)[C@@H](OP(OCCC#N)N(C(C)C)C(C)C)C(C)(C)SS1. The van der Waals surface area contributed by atoms with Crippen LogP contribution in [-0.4, -0.2) is 50.7 Å². The summed E-state index contributed by atoms with van der Waals surface area (Å²) in [5.74, 6) is 0. The molecule has 1 fully saturated rings. The molecule has 2 unspecified atom stereocenters. The Morgan fingerprint density at radius 2 is 1.92 bits per heavy atom. The Morgan fingerprint density at radius 1 is 1.32 bits per heavy atom. The highest BCUT2D eigenvalue weighted by molar-refractivity contribution is 8.77. The van der Waals surface area contributed by atoms with Crippen LogP contribution in [-0.2, 0) is 9.05 Å². The van der Waals surface area contributed by atoms with E-state index >= 15 is 0 Å². The summed E-state index contributed by atoms with van der Waals surface area (Å²) in [6, 6.07) is 2.62. The third-order valence-corrected chi connectivity index (χ3v) is 9.86. The Labute approximate surface area is 162 Å². The van der Waals surface area contributed by atoms with Crippen LogP contribution < -0.4 is 0 Å². The fourth-order valence-corrected chi connectivity index (χ4v) is 7.53. The van der Waals surface area contributed by atoms with Gasteiger partial charge in [-0.1, -0.05) is 28.5 Å². The molecule has 0 saturated carbocycles. The van der Waals surface area contributed by atoms with Gasteiger partial charge in [-0.05, 0) is 48.0 Å². The van der Waals surface area contributed by atoms with E-state index in [0.29, 0.717) is 24.7 Å². The minimum atomic E-state index is -1.35. The Hall–Kier alpha value is 0.460. The van der Waals surface area contributed by atoms with Crippen LogP contribution in [0.4, 0.5) is 0 Å². The van der Waals surface area contributed by atoms with Gasteiger partial charge >= 0.3 is 0 Å². The molecule has 1 N–H and O–H groups in total. The maximum atomic E-state index is 10.8. The highest BCUT2D eigenvalue weighted by Crippen LogP contribution is 2.54. The van der Waals surface area contributed by atoms with Crippen molar-refractivity contribution in [1.29, 1.82) is 5.26 Å². The number of rotatable bonds is 8. The van der Waals surface area contributed by atoms with Crippen molar-refractivity contribution in [3.63, 3.8) is 0 Å². The van der Waals surface area contributed by atoms with E-state index in [2.05, 4.69) is 59.2 Å². The molecule has 5 nitrogen and oxygen atoms in total.